The van der Waals surface area contributed by atoms with E-state index in [1.165, 1.54) is 31.5 Å². The summed E-state index contributed by atoms with van der Waals surface area (Å²) < 4.78 is 41.0. The zero-order chi connectivity index (χ0) is 23.1. The van der Waals surface area contributed by atoms with Gasteiger partial charge in [-0.15, -0.1) is 0 Å². The van der Waals surface area contributed by atoms with Crippen LogP contribution < -0.4 is 10.1 Å². The highest BCUT2D eigenvalue weighted by Crippen LogP contribution is 2.27. The van der Waals surface area contributed by atoms with E-state index in [2.05, 4.69) is 15.0 Å². The molecule has 1 N–H and O–H groups in total. The van der Waals surface area contributed by atoms with Crippen LogP contribution in [0.4, 0.5) is 14.5 Å². The maximum atomic E-state index is 13.0. The first-order valence-corrected chi connectivity index (χ1v) is 10.5. The second-order valence-corrected chi connectivity index (χ2v) is 7.65. The van der Waals surface area contributed by atoms with Crippen molar-refractivity contribution in [3.63, 3.8) is 0 Å². The fourth-order valence-corrected chi connectivity index (χ4v) is 3.19. The molecule has 2 aliphatic rings. The molecular formula is C23H26F2N2O5. The molecule has 2 aromatic rings. The summed E-state index contributed by atoms with van der Waals surface area (Å²) in [7, 11) is 1.28. The highest BCUT2D eigenvalue weighted by Gasteiger charge is 2.28. The monoisotopic (exact) mass is 448 g/mol. The molecule has 2 unspecified atom stereocenters. The van der Waals surface area contributed by atoms with Gasteiger partial charge in [-0.2, -0.15) is 4.39 Å². The van der Waals surface area contributed by atoms with Gasteiger partial charge in [-0.05, 0) is 63.3 Å². The molecule has 1 aromatic heterocycles. The van der Waals surface area contributed by atoms with Crippen LogP contribution in [-0.2, 0) is 14.3 Å². The topological polar surface area (TPSA) is 86.8 Å². The number of nitrogens with zero attached hydrogens (tertiary/aromatic N) is 1. The van der Waals surface area contributed by atoms with Crippen molar-refractivity contribution in [2.24, 2.45) is 0 Å². The number of nitrogens with one attached hydrogen (secondary N) is 1. The van der Waals surface area contributed by atoms with E-state index in [9.17, 15) is 18.4 Å². The molecule has 1 aliphatic heterocycles. The average Bonchev–Trinajstić information content (AvgIpc) is 3.20. The van der Waals surface area contributed by atoms with Gasteiger partial charge in [0.25, 0.3) is 5.91 Å². The number of rotatable bonds is 5. The van der Waals surface area contributed by atoms with E-state index < -0.39 is 23.7 Å². The summed E-state index contributed by atoms with van der Waals surface area (Å²) in [5.41, 5.74) is 0.657. The lowest BCUT2D eigenvalue weighted by molar-refractivity contribution is -0.126. The summed E-state index contributed by atoms with van der Waals surface area (Å²) in [4.78, 5) is 27.1. The Labute approximate surface area is 185 Å². The van der Waals surface area contributed by atoms with Crippen molar-refractivity contribution in [2.75, 3.05) is 12.4 Å². The Hall–Kier alpha value is -3.07. The number of anilines is 1. The first-order chi connectivity index (χ1) is 15.4. The molecular weight excluding hydrogens is 422 g/mol. The minimum atomic E-state index is -0.880. The Morgan fingerprint density at radius 2 is 1.94 bits per heavy atom. The van der Waals surface area contributed by atoms with E-state index >= 15 is 0 Å². The van der Waals surface area contributed by atoms with Gasteiger partial charge in [0.05, 0.1) is 19.3 Å². The number of benzene rings is 1. The molecule has 0 radical (unpaired) electrons. The van der Waals surface area contributed by atoms with Crippen LogP contribution in [0.5, 0.6) is 5.75 Å². The maximum absolute atomic E-state index is 13.0. The van der Waals surface area contributed by atoms with Gasteiger partial charge < -0.3 is 19.5 Å². The molecule has 2 fully saturated rings. The number of halogens is 2. The van der Waals surface area contributed by atoms with Crippen LogP contribution in [0.25, 0.3) is 0 Å². The van der Waals surface area contributed by atoms with Crippen LogP contribution in [0.3, 0.4) is 0 Å². The van der Waals surface area contributed by atoms with Crippen molar-refractivity contribution in [1.82, 2.24) is 4.98 Å². The second-order valence-electron chi connectivity index (χ2n) is 7.65. The van der Waals surface area contributed by atoms with Gasteiger partial charge in [-0.25, -0.2) is 14.2 Å². The van der Waals surface area contributed by atoms with Gasteiger partial charge in [0.15, 0.2) is 11.6 Å². The molecule has 4 rings (SSSR count). The number of methoxy groups -OCH3 is 1. The standard InChI is InChI=1S/C13H16N2O4.C10H10F2O/c1-8-3-4-11(19-8)12(16)15-9-5-6-14-10(7-9)13(17)18-2;11-8-5-2-6-9(10(8)12)13-7-3-1-4-7/h5-8,11H,3-4H2,1-2H3,(H,14,15,16);2,5-7H,1,3-4H2. The molecule has 1 amide bonds. The van der Waals surface area contributed by atoms with Gasteiger partial charge >= 0.3 is 5.97 Å². The summed E-state index contributed by atoms with van der Waals surface area (Å²) in [5.74, 6) is -2.44. The van der Waals surface area contributed by atoms with Crippen LogP contribution >= 0.6 is 0 Å². The second kappa shape index (κ2) is 11.0. The maximum Gasteiger partial charge on any atom is 0.356 e. The normalized spacial score (nSPS) is 19.9. The van der Waals surface area contributed by atoms with E-state index in [4.69, 9.17) is 9.47 Å². The number of aromatic nitrogens is 1. The van der Waals surface area contributed by atoms with Gasteiger partial charge in [0, 0.05) is 11.9 Å². The predicted octanol–water partition coefficient (Wildman–Crippen LogP) is 4.27. The first-order valence-electron chi connectivity index (χ1n) is 10.5. The third-order valence-electron chi connectivity index (χ3n) is 5.21. The van der Waals surface area contributed by atoms with E-state index in [0.717, 1.165) is 31.7 Å². The summed E-state index contributed by atoms with van der Waals surface area (Å²) in [6, 6.07) is 7.08. The Kier molecular flexibility index (Phi) is 8.10. The summed E-state index contributed by atoms with van der Waals surface area (Å²) in [5, 5.41) is 2.71. The smallest absolute Gasteiger partial charge is 0.356 e. The van der Waals surface area contributed by atoms with Crippen LogP contribution in [-0.4, -0.2) is 42.3 Å². The SMILES string of the molecule is COC(=O)c1cc(NC(=O)C2CCC(C)O2)ccn1.Fc1cccc(OC2CCC2)c1F. The van der Waals surface area contributed by atoms with Gasteiger partial charge in [0.2, 0.25) is 5.82 Å². The quantitative estimate of drug-likeness (QED) is 0.688. The third-order valence-corrected chi connectivity index (χ3v) is 5.21. The average molecular weight is 448 g/mol. The van der Waals surface area contributed by atoms with Crippen molar-refractivity contribution in [1.29, 1.82) is 0 Å². The van der Waals surface area contributed by atoms with Gasteiger partial charge in [0.1, 0.15) is 11.8 Å². The molecule has 1 aromatic carbocycles. The van der Waals surface area contributed by atoms with E-state index in [1.54, 1.807) is 6.07 Å². The number of hydrogen-bond donors (Lipinski definition) is 1. The van der Waals surface area contributed by atoms with Crippen LogP contribution in [0, 0.1) is 11.6 Å². The van der Waals surface area contributed by atoms with E-state index in [1.807, 2.05) is 6.92 Å². The first kappa shape index (κ1) is 23.6. The van der Waals surface area contributed by atoms with Crippen LogP contribution in [0.1, 0.15) is 49.5 Å². The zero-order valence-electron chi connectivity index (χ0n) is 18.0. The van der Waals surface area contributed by atoms with Crippen molar-refractivity contribution in [3.05, 3.63) is 53.9 Å². The molecule has 7 nitrogen and oxygen atoms in total. The highest BCUT2D eigenvalue weighted by molar-refractivity contribution is 5.95. The summed E-state index contributed by atoms with van der Waals surface area (Å²) >= 11 is 0. The number of carbonyl (C=O) groups is 2. The minimum absolute atomic E-state index is 0.0321. The van der Waals surface area contributed by atoms with Crippen molar-refractivity contribution < 1.29 is 32.6 Å². The minimum Gasteiger partial charge on any atom is -0.487 e. The Morgan fingerprint density at radius 1 is 1.16 bits per heavy atom. The van der Waals surface area contributed by atoms with Gasteiger partial charge in [-0.3, -0.25) is 4.79 Å². The Morgan fingerprint density at radius 3 is 2.56 bits per heavy atom. The molecule has 172 valence electrons. The number of hydrogen-bond acceptors (Lipinski definition) is 6. The molecule has 1 saturated heterocycles. The lowest BCUT2D eigenvalue weighted by atomic mass is 9.96. The fourth-order valence-electron chi connectivity index (χ4n) is 3.19. The number of carbonyl (C=O) groups excluding carboxylic acids is 2. The number of pyridine rings is 1. The molecule has 9 heteroatoms. The third kappa shape index (κ3) is 6.23. The molecule has 32 heavy (non-hydrogen) atoms. The Balaban J connectivity index is 0.000000193. The van der Waals surface area contributed by atoms with Crippen LogP contribution in [0.15, 0.2) is 36.5 Å². The van der Waals surface area contributed by atoms with E-state index in [-0.39, 0.29) is 29.6 Å². The number of ether oxygens (including phenoxy) is 3. The molecule has 1 saturated carbocycles. The van der Waals surface area contributed by atoms with Crippen molar-refractivity contribution >= 4 is 17.6 Å². The molecule has 2 atom stereocenters. The predicted molar refractivity (Wildman–Crippen MR) is 112 cm³/mol. The Bertz CT molecular complexity index is 952. The molecule has 1 aliphatic carbocycles. The zero-order valence-corrected chi connectivity index (χ0v) is 18.0. The molecule has 0 spiro atoms. The van der Waals surface area contributed by atoms with Crippen LogP contribution in [0.2, 0.25) is 0 Å². The van der Waals surface area contributed by atoms with Gasteiger partial charge in [-0.1, -0.05) is 6.07 Å². The fraction of sp³-hybridized carbons (Fsp3) is 0.435. The lowest BCUT2D eigenvalue weighted by Crippen LogP contribution is -2.27. The van der Waals surface area contributed by atoms with E-state index in [0.29, 0.717) is 12.1 Å². The molecule has 2 heterocycles. The molecule has 0 bridgehead atoms. The summed E-state index contributed by atoms with van der Waals surface area (Å²) in [6.45, 7) is 1.94. The summed E-state index contributed by atoms with van der Waals surface area (Å²) in [6.07, 6.45) is 5.79. The number of esters is 1. The highest BCUT2D eigenvalue weighted by atomic mass is 19.2. The lowest BCUT2D eigenvalue weighted by Gasteiger charge is -2.26. The van der Waals surface area contributed by atoms with Crippen molar-refractivity contribution in [2.45, 2.75) is 57.3 Å². The largest absolute Gasteiger partial charge is 0.487 e. The van der Waals surface area contributed by atoms with Crippen molar-refractivity contribution in [3.8, 4) is 5.75 Å². The number of amides is 1.